The maximum Gasteiger partial charge on any atom is 0.322 e. The molecule has 0 spiro atoms. The van der Waals surface area contributed by atoms with E-state index < -0.39 is 15.9 Å². The lowest BCUT2D eigenvalue weighted by Gasteiger charge is -2.28. The molecule has 1 aliphatic rings. The lowest BCUT2D eigenvalue weighted by atomic mass is 10.0. The van der Waals surface area contributed by atoms with Gasteiger partial charge in [-0.2, -0.15) is 4.31 Å². The van der Waals surface area contributed by atoms with Gasteiger partial charge in [-0.05, 0) is 53.9 Å². The number of pyridine rings is 1. The molecule has 4 aromatic rings. The Bertz CT molecular complexity index is 1400. The molecule has 1 amide bonds. The Morgan fingerprint density at radius 2 is 1.67 bits per heavy atom. The molecule has 2 aromatic heterocycles. The van der Waals surface area contributed by atoms with Crippen LogP contribution in [0.25, 0.3) is 11.5 Å². The third-order valence-electron chi connectivity index (χ3n) is 5.42. The van der Waals surface area contributed by atoms with Gasteiger partial charge in [0.05, 0.1) is 4.90 Å². The number of carbonyl (C=O) groups is 1. The molecule has 2 aromatic carbocycles. The molecular weight excluding hydrogens is 442 g/mol. The number of rotatable bonds is 5. The van der Waals surface area contributed by atoms with Crippen LogP contribution in [0.2, 0.25) is 0 Å². The highest BCUT2D eigenvalue weighted by Crippen LogP contribution is 2.25. The zero-order valence-electron chi connectivity index (χ0n) is 17.4. The van der Waals surface area contributed by atoms with Gasteiger partial charge in [-0.3, -0.25) is 15.1 Å². The van der Waals surface area contributed by atoms with Crippen LogP contribution in [0.3, 0.4) is 0 Å². The number of carbonyl (C=O) groups excluding carboxylic acids is 1. The molecule has 1 aliphatic heterocycles. The number of hydrogen-bond donors (Lipinski definition) is 1. The van der Waals surface area contributed by atoms with E-state index in [1.54, 1.807) is 24.5 Å². The van der Waals surface area contributed by atoms with Crippen molar-refractivity contribution < 1.29 is 17.6 Å². The summed E-state index contributed by atoms with van der Waals surface area (Å²) >= 11 is 0. The second-order valence-corrected chi connectivity index (χ2v) is 9.42. The third-order valence-corrected chi connectivity index (χ3v) is 7.28. The second kappa shape index (κ2) is 8.57. The lowest BCUT2D eigenvalue weighted by molar-refractivity contribution is 0.102. The van der Waals surface area contributed by atoms with Gasteiger partial charge in [0.2, 0.25) is 15.9 Å². The SMILES string of the molecule is O=C(Nc1nnc(-c2ccncc2)o1)c1ccc(S(=O)(=O)N2CCc3ccccc3C2)cc1. The van der Waals surface area contributed by atoms with Crippen LogP contribution in [-0.2, 0) is 23.0 Å². The fourth-order valence-electron chi connectivity index (χ4n) is 3.66. The molecule has 3 heterocycles. The molecule has 0 saturated heterocycles. The van der Waals surface area contributed by atoms with Gasteiger partial charge in [0.15, 0.2) is 0 Å². The number of nitrogens with zero attached hydrogens (tertiary/aromatic N) is 4. The highest BCUT2D eigenvalue weighted by atomic mass is 32.2. The normalized spacial score (nSPS) is 13.9. The maximum atomic E-state index is 13.1. The molecule has 0 unspecified atom stereocenters. The van der Waals surface area contributed by atoms with E-state index in [0.29, 0.717) is 25.1 Å². The molecule has 10 heteroatoms. The number of aromatic nitrogens is 3. The Morgan fingerprint density at radius 1 is 0.939 bits per heavy atom. The zero-order valence-corrected chi connectivity index (χ0v) is 18.2. The van der Waals surface area contributed by atoms with E-state index in [4.69, 9.17) is 4.42 Å². The first-order chi connectivity index (χ1) is 16.0. The summed E-state index contributed by atoms with van der Waals surface area (Å²) in [6.07, 6.45) is 3.85. The van der Waals surface area contributed by atoms with Crippen molar-refractivity contribution in [2.45, 2.75) is 17.9 Å². The number of hydrogen-bond acceptors (Lipinski definition) is 7. The topological polar surface area (TPSA) is 118 Å². The molecule has 0 bridgehead atoms. The molecule has 0 fully saturated rings. The Morgan fingerprint density at radius 3 is 2.42 bits per heavy atom. The number of fused-ring (bicyclic) bond motifs is 1. The lowest BCUT2D eigenvalue weighted by Crippen LogP contribution is -2.35. The van der Waals surface area contributed by atoms with Crippen LogP contribution in [0.1, 0.15) is 21.5 Å². The van der Waals surface area contributed by atoms with Crippen LogP contribution in [0.5, 0.6) is 0 Å². The standard InChI is InChI=1S/C23H19N5O4S/c29-21(25-23-27-26-22(32-23)18-9-12-24-13-10-18)17-5-7-20(8-6-17)33(30,31)28-14-11-16-3-1-2-4-19(16)15-28/h1-10,12-13H,11,14-15H2,(H,25,27,29). The number of amides is 1. The van der Waals surface area contributed by atoms with Crippen LogP contribution >= 0.6 is 0 Å². The van der Waals surface area contributed by atoms with Crippen LogP contribution in [0.4, 0.5) is 6.01 Å². The van der Waals surface area contributed by atoms with E-state index in [2.05, 4.69) is 20.5 Å². The molecule has 0 atom stereocenters. The summed E-state index contributed by atoms with van der Waals surface area (Å²) in [7, 11) is -3.68. The first kappa shape index (κ1) is 21.0. The van der Waals surface area contributed by atoms with Gasteiger partial charge in [0, 0.05) is 36.6 Å². The Labute approximate surface area is 190 Å². The summed E-state index contributed by atoms with van der Waals surface area (Å²) in [5.41, 5.74) is 3.12. The minimum Gasteiger partial charge on any atom is -0.403 e. The number of nitrogens with one attached hydrogen (secondary N) is 1. The summed E-state index contributed by atoms with van der Waals surface area (Å²) in [4.78, 5) is 16.6. The summed E-state index contributed by atoms with van der Waals surface area (Å²) in [5, 5.41) is 10.3. The van der Waals surface area contributed by atoms with E-state index in [1.807, 2.05) is 24.3 Å². The molecule has 0 radical (unpaired) electrons. The van der Waals surface area contributed by atoms with E-state index in [1.165, 1.54) is 34.1 Å². The molecule has 166 valence electrons. The minimum absolute atomic E-state index is 0.0597. The first-order valence-corrected chi connectivity index (χ1v) is 11.7. The third kappa shape index (κ3) is 4.26. The van der Waals surface area contributed by atoms with Crippen LogP contribution in [-0.4, -0.2) is 40.4 Å². The molecule has 0 saturated carbocycles. The number of sulfonamides is 1. The average molecular weight is 462 g/mol. The van der Waals surface area contributed by atoms with Gasteiger partial charge in [-0.15, -0.1) is 5.10 Å². The Hall–Kier alpha value is -3.89. The number of anilines is 1. The molecular formula is C23H19N5O4S. The van der Waals surface area contributed by atoms with Crippen LogP contribution in [0, 0.1) is 0 Å². The largest absolute Gasteiger partial charge is 0.403 e. The smallest absolute Gasteiger partial charge is 0.322 e. The van der Waals surface area contributed by atoms with Gasteiger partial charge in [0.25, 0.3) is 5.91 Å². The Kier molecular flexibility index (Phi) is 5.45. The molecule has 0 aliphatic carbocycles. The van der Waals surface area contributed by atoms with Crippen molar-refractivity contribution in [3.63, 3.8) is 0 Å². The van der Waals surface area contributed by atoms with Crippen molar-refractivity contribution in [3.8, 4) is 11.5 Å². The van der Waals surface area contributed by atoms with Gasteiger partial charge in [0.1, 0.15) is 0 Å². The zero-order chi connectivity index (χ0) is 22.8. The van der Waals surface area contributed by atoms with Crippen molar-refractivity contribution in [1.82, 2.24) is 19.5 Å². The van der Waals surface area contributed by atoms with E-state index in [0.717, 1.165) is 5.56 Å². The fourth-order valence-corrected chi connectivity index (χ4v) is 5.08. The number of benzene rings is 2. The van der Waals surface area contributed by atoms with E-state index >= 15 is 0 Å². The molecule has 9 nitrogen and oxygen atoms in total. The van der Waals surface area contributed by atoms with Crippen molar-refractivity contribution >= 4 is 21.9 Å². The predicted octanol–water partition coefficient (Wildman–Crippen LogP) is 3.13. The van der Waals surface area contributed by atoms with Crippen molar-refractivity contribution in [1.29, 1.82) is 0 Å². The van der Waals surface area contributed by atoms with Gasteiger partial charge in [-0.25, -0.2) is 8.42 Å². The minimum atomic E-state index is -3.68. The monoisotopic (exact) mass is 461 g/mol. The highest BCUT2D eigenvalue weighted by molar-refractivity contribution is 7.89. The maximum absolute atomic E-state index is 13.1. The van der Waals surface area contributed by atoms with Gasteiger partial charge >= 0.3 is 6.01 Å². The Balaban J connectivity index is 1.28. The fraction of sp³-hybridized carbons (Fsp3) is 0.130. The van der Waals surface area contributed by atoms with Crippen molar-refractivity contribution in [2.75, 3.05) is 11.9 Å². The predicted molar refractivity (Wildman–Crippen MR) is 120 cm³/mol. The van der Waals surface area contributed by atoms with Crippen molar-refractivity contribution in [2.24, 2.45) is 0 Å². The van der Waals surface area contributed by atoms with E-state index in [-0.39, 0.29) is 22.4 Å². The van der Waals surface area contributed by atoms with Gasteiger partial charge in [-0.1, -0.05) is 29.4 Å². The van der Waals surface area contributed by atoms with Crippen LogP contribution < -0.4 is 5.32 Å². The molecule has 1 N–H and O–H groups in total. The van der Waals surface area contributed by atoms with Gasteiger partial charge < -0.3 is 4.42 Å². The first-order valence-electron chi connectivity index (χ1n) is 10.2. The summed E-state index contributed by atoms with van der Waals surface area (Å²) in [6.45, 7) is 0.746. The average Bonchev–Trinajstić information content (AvgIpc) is 3.33. The summed E-state index contributed by atoms with van der Waals surface area (Å²) in [5.74, 6) is -0.243. The summed E-state index contributed by atoms with van der Waals surface area (Å²) < 4.78 is 33.1. The van der Waals surface area contributed by atoms with Crippen LogP contribution in [0.15, 0.2) is 82.4 Å². The molecule has 33 heavy (non-hydrogen) atoms. The second-order valence-electron chi connectivity index (χ2n) is 7.48. The van der Waals surface area contributed by atoms with Crippen molar-refractivity contribution in [3.05, 3.63) is 89.7 Å². The van der Waals surface area contributed by atoms with E-state index in [9.17, 15) is 13.2 Å². The quantitative estimate of drug-likeness (QED) is 0.485. The highest BCUT2D eigenvalue weighted by Gasteiger charge is 2.28. The molecule has 5 rings (SSSR count). The summed E-state index contributed by atoms with van der Waals surface area (Å²) in [6, 6.07) is 17.0.